The molecule has 1 fully saturated rings. The molecule has 1 N–H and O–H groups in total. The quantitative estimate of drug-likeness (QED) is 0.684. The lowest BCUT2D eigenvalue weighted by Crippen LogP contribution is -2.39. The molecular formula is C8H15NO2S. The molecule has 0 radical (unpaired) electrons. The average molecular weight is 189 g/mol. The molecule has 1 saturated heterocycles. The van der Waals surface area contributed by atoms with Crippen LogP contribution in [0.4, 0.5) is 0 Å². The minimum absolute atomic E-state index is 0.104. The molecule has 4 heteroatoms. The Balaban J connectivity index is 2.26. The summed E-state index contributed by atoms with van der Waals surface area (Å²) in [6, 6.07) is 0.273. The predicted molar refractivity (Wildman–Crippen MR) is 49.3 cm³/mol. The lowest BCUT2D eigenvalue weighted by molar-refractivity contribution is -0.121. The van der Waals surface area contributed by atoms with Crippen molar-refractivity contribution in [1.29, 1.82) is 0 Å². The first-order chi connectivity index (χ1) is 5.72. The molecule has 70 valence electrons. The first kappa shape index (κ1) is 9.71. The molecule has 1 amide bonds. The predicted octanol–water partition coefficient (Wildman–Crippen LogP) is 0.424. The molecule has 3 nitrogen and oxygen atoms in total. The molecule has 1 rings (SSSR count). The van der Waals surface area contributed by atoms with E-state index in [0.29, 0.717) is 6.42 Å². The van der Waals surface area contributed by atoms with Crippen LogP contribution in [0.2, 0.25) is 0 Å². The van der Waals surface area contributed by atoms with Gasteiger partial charge in [0, 0.05) is 34.8 Å². The Kier molecular flexibility index (Phi) is 3.72. The van der Waals surface area contributed by atoms with E-state index in [4.69, 9.17) is 0 Å². The van der Waals surface area contributed by atoms with E-state index in [0.717, 1.165) is 24.3 Å². The number of nitrogens with one attached hydrogen (secondary N) is 1. The van der Waals surface area contributed by atoms with Crippen molar-refractivity contribution in [3.63, 3.8) is 0 Å². The van der Waals surface area contributed by atoms with Crippen LogP contribution in [-0.4, -0.2) is 27.7 Å². The standard InChI is InChI=1S/C8H15NO2S/c1-2-8(10)9-7-3-5-12(11)6-4-7/h7H,2-6H2,1H3,(H,9,10). The van der Waals surface area contributed by atoms with Crippen molar-refractivity contribution in [2.24, 2.45) is 0 Å². The van der Waals surface area contributed by atoms with Gasteiger partial charge < -0.3 is 5.32 Å². The Labute approximate surface area is 75.4 Å². The van der Waals surface area contributed by atoms with E-state index in [1.807, 2.05) is 6.92 Å². The maximum absolute atomic E-state index is 11.0. The highest BCUT2D eigenvalue weighted by Gasteiger charge is 2.18. The molecule has 0 aromatic carbocycles. The molecule has 0 bridgehead atoms. The molecule has 0 spiro atoms. The number of carbonyl (C=O) groups excluding carboxylic acids is 1. The zero-order chi connectivity index (χ0) is 8.97. The van der Waals surface area contributed by atoms with Crippen molar-refractivity contribution in [3.05, 3.63) is 0 Å². The van der Waals surface area contributed by atoms with Crippen LogP contribution in [0.1, 0.15) is 26.2 Å². The van der Waals surface area contributed by atoms with Crippen molar-refractivity contribution in [3.8, 4) is 0 Å². The van der Waals surface area contributed by atoms with E-state index >= 15 is 0 Å². The van der Waals surface area contributed by atoms with Crippen LogP contribution in [0, 0.1) is 0 Å². The molecular weight excluding hydrogens is 174 g/mol. The van der Waals surface area contributed by atoms with Gasteiger partial charge in [-0.2, -0.15) is 0 Å². The molecule has 0 saturated carbocycles. The molecule has 1 aliphatic rings. The maximum atomic E-state index is 11.0. The third-order valence-corrected chi connectivity index (χ3v) is 3.46. The number of amides is 1. The van der Waals surface area contributed by atoms with Gasteiger partial charge in [-0.15, -0.1) is 0 Å². The maximum Gasteiger partial charge on any atom is 0.219 e. The van der Waals surface area contributed by atoms with Gasteiger partial charge in [-0.1, -0.05) is 6.92 Å². The zero-order valence-electron chi connectivity index (χ0n) is 7.34. The minimum Gasteiger partial charge on any atom is -0.353 e. The molecule has 1 aliphatic heterocycles. The third-order valence-electron chi connectivity index (χ3n) is 2.07. The Morgan fingerprint density at radius 2 is 2.08 bits per heavy atom. The molecule has 0 aliphatic carbocycles. The summed E-state index contributed by atoms with van der Waals surface area (Å²) in [6.07, 6.45) is 2.29. The second-order valence-electron chi connectivity index (χ2n) is 3.04. The van der Waals surface area contributed by atoms with Crippen LogP contribution in [0.25, 0.3) is 0 Å². The Morgan fingerprint density at radius 1 is 1.50 bits per heavy atom. The lowest BCUT2D eigenvalue weighted by atomic mass is 10.1. The number of hydrogen-bond acceptors (Lipinski definition) is 2. The largest absolute Gasteiger partial charge is 0.353 e. The summed E-state index contributed by atoms with van der Waals surface area (Å²) in [5.74, 6) is 1.59. The first-order valence-electron chi connectivity index (χ1n) is 4.36. The molecule has 0 unspecified atom stereocenters. The average Bonchev–Trinajstić information content (AvgIpc) is 2.09. The number of carbonyl (C=O) groups is 1. The van der Waals surface area contributed by atoms with Crippen molar-refractivity contribution in [1.82, 2.24) is 5.32 Å². The van der Waals surface area contributed by atoms with Gasteiger partial charge in [0.2, 0.25) is 5.91 Å². The SMILES string of the molecule is CCC(=O)NC1CCS(=O)CC1. The second kappa shape index (κ2) is 4.60. The monoisotopic (exact) mass is 189 g/mol. The van der Waals surface area contributed by atoms with Gasteiger partial charge in [0.1, 0.15) is 0 Å². The summed E-state index contributed by atoms with van der Waals surface area (Å²) in [5, 5.41) is 2.92. The Bertz CT molecular complexity index is 183. The molecule has 0 aromatic heterocycles. The zero-order valence-corrected chi connectivity index (χ0v) is 8.15. The van der Waals surface area contributed by atoms with E-state index in [9.17, 15) is 9.00 Å². The fraction of sp³-hybridized carbons (Fsp3) is 0.875. The van der Waals surface area contributed by atoms with E-state index in [2.05, 4.69) is 5.32 Å². The second-order valence-corrected chi connectivity index (χ2v) is 4.74. The van der Waals surface area contributed by atoms with Gasteiger partial charge in [-0.25, -0.2) is 0 Å². The summed E-state index contributed by atoms with van der Waals surface area (Å²) in [5.41, 5.74) is 0. The highest BCUT2D eigenvalue weighted by atomic mass is 32.2. The van der Waals surface area contributed by atoms with Crippen LogP contribution in [-0.2, 0) is 15.6 Å². The smallest absolute Gasteiger partial charge is 0.219 e. The van der Waals surface area contributed by atoms with Gasteiger partial charge in [0.25, 0.3) is 0 Å². The first-order valence-corrected chi connectivity index (χ1v) is 5.85. The van der Waals surface area contributed by atoms with Crippen molar-refractivity contribution >= 4 is 16.7 Å². The normalized spacial score (nSPS) is 29.8. The summed E-state index contributed by atoms with van der Waals surface area (Å²) in [6.45, 7) is 1.84. The van der Waals surface area contributed by atoms with E-state index in [-0.39, 0.29) is 11.9 Å². The topological polar surface area (TPSA) is 46.2 Å². The van der Waals surface area contributed by atoms with Crippen molar-refractivity contribution in [2.45, 2.75) is 32.2 Å². The van der Waals surface area contributed by atoms with E-state index in [1.165, 1.54) is 0 Å². The fourth-order valence-electron chi connectivity index (χ4n) is 1.27. The van der Waals surface area contributed by atoms with E-state index < -0.39 is 10.8 Å². The molecule has 12 heavy (non-hydrogen) atoms. The van der Waals surface area contributed by atoms with Gasteiger partial charge in [-0.05, 0) is 12.8 Å². The minimum atomic E-state index is -0.629. The summed E-state index contributed by atoms with van der Waals surface area (Å²) in [7, 11) is -0.629. The highest BCUT2D eigenvalue weighted by molar-refractivity contribution is 7.85. The van der Waals surface area contributed by atoms with Crippen LogP contribution in [0.3, 0.4) is 0 Å². The van der Waals surface area contributed by atoms with Crippen LogP contribution in [0.5, 0.6) is 0 Å². The van der Waals surface area contributed by atoms with Gasteiger partial charge in [0.05, 0.1) is 0 Å². The van der Waals surface area contributed by atoms with Crippen LogP contribution >= 0.6 is 0 Å². The van der Waals surface area contributed by atoms with Crippen LogP contribution < -0.4 is 5.32 Å². The number of rotatable bonds is 2. The van der Waals surface area contributed by atoms with Gasteiger partial charge in [0.15, 0.2) is 0 Å². The summed E-state index contributed by atoms with van der Waals surface area (Å²) in [4.78, 5) is 11.0. The van der Waals surface area contributed by atoms with Gasteiger partial charge in [-0.3, -0.25) is 9.00 Å². The summed E-state index contributed by atoms with van der Waals surface area (Å²) < 4.78 is 11.0. The molecule has 0 aromatic rings. The molecule has 1 heterocycles. The van der Waals surface area contributed by atoms with E-state index in [1.54, 1.807) is 0 Å². The van der Waals surface area contributed by atoms with Crippen LogP contribution in [0.15, 0.2) is 0 Å². The highest BCUT2D eigenvalue weighted by Crippen LogP contribution is 2.08. The Morgan fingerprint density at radius 3 is 2.58 bits per heavy atom. The number of hydrogen-bond donors (Lipinski definition) is 1. The third kappa shape index (κ3) is 2.93. The van der Waals surface area contributed by atoms with Crippen molar-refractivity contribution in [2.75, 3.05) is 11.5 Å². The molecule has 0 atom stereocenters. The summed E-state index contributed by atoms with van der Waals surface area (Å²) >= 11 is 0. The van der Waals surface area contributed by atoms with Gasteiger partial charge >= 0.3 is 0 Å². The lowest BCUT2D eigenvalue weighted by Gasteiger charge is -2.22. The Hall–Kier alpha value is -0.380. The van der Waals surface area contributed by atoms with Crippen molar-refractivity contribution < 1.29 is 9.00 Å². The fourth-order valence-corrected chi connectivity index (χ4v) is 2.57.